The van der Waals surface area contributed by atoms with Crippen LogP contribution in [0.25, 0.3) is 10.9 Å². The fourth-order valence-electron chi connectivity index (χ4n) is 2.55. The van der Waals surface area contributed by atoms with Crippen LogP contribution in [0.2, 0.25) is 0 Å². The van der Waals surface area contributed by atoms with E-state index in [2.05, 4.69) is 9.88 Å². The van der Waals surface area contributed by atoms with E-state index in [4.69, 9.17) is 0 Å². The number of aromatic amines is 1. The van der Waals surface area contributed by atoms with Crippen molar-refractivity contribution in [3.05, 3.63) is 35.8 Å². The minimum absolute atomic E-state index is 0.230. The number of fused-ring (bicyclic) bond motifs is 1. The number of halogens is 1. The molecular weight excluding hydrogens is 273 g/mol. The number of Topliss-reactive ketones (excluding diaryl/α,β-unsaturated/α-hetero) is 1. The molecule has 0 bridgehead atoms. The van der Waals surface area contributed by atoms with E-state index >= 15 is 0 Å². The van der Waals surface area contributed by atoms with Crippen molar-refractivity contribution in [2.75, 3.05) is 33.2 Å². The maximum Gasteiger partial charge on any atom is 0.295 e. The van der Waals surface area contributed by atoms with E-state index in [9.17, 15) is 14.0 Å². The fraction of sp³-hybridized carbons (Fsp3) is 0.333. The zero-order valence-electron chi connectivity index (χ0n) is 11.7. The maximum absolute atomic E-state index is 13.3. The molecule has 0 radical (unpaired) electrons. The van der Waals surface area contributed by atoms with Gasteiger partial charge in [0.2, 0.25) is 0 Å². The Labute approximate surface area is 121 Å². The molecule has 0 unspecified atom stereocenters. The molecule has 5 nitrogen and oxygen atoms in total. The van der Waals surface area contributed by atoms with Crippen molar-refractivity contribution < 1.29 is 14.0 Å². The number of rotatable bonds is 2. The zero-order chi connectivity index (χ0) is 15.0. The highest BCUT2D eigenvalue weighted by atomic mass is 19.1. The van der Waals surface area contributed by atoms with E-state index in [1.54, 1.807) is 11.0 Å². The molecule has 1 aromatic carbocycles. The van der Waals surface area contributed by atoms with Crippen molar-refractivity contribution in [1.29, 1.82) is 0 Å². The summed E-state index contributed by atoms with van der Waals surface area (Å²) in [6.07, 6.45) is 1.47. The van der Waals surface area contributed by atoms with Gasteiger partial charge in [0.15, 0.2) is 0 Å². The van der Waals surface area contributed by atoms with Gasteiger partial charge < -0.3 is 14.8 Å². The van der Waals surface area contributed by atoms with E-state index in [0.717, 1.165) is 13.1 Å². The molecule has 1 fully saturated rings. The lowest BCUT2D eigenvalue weighted by atomic mass is 10.1. The van der Waals surface area contributed by atoms with Crippen molar-refractivity contribution in [2.45, 2.75) is 0 Å². The van der Waals surface area contributed by atoms with Crippen molar-refractivity contribution in [3.8, 4) is 0 Å². The molecule has 21 heavy (non-hydrogen) atoms. The topological polar surface area (TPSA) is 56.4 Å². The van der Waals surface area contributed by atoms with Crippen LogP contribution in [0.1, 0.15) is 10.4 Å². The quantitative estimate of drug-likeness (QED) is 0.669. The molecule has 0 saturated carbocycles. The summed E-state index contributed by atoms with van der Waals surface area (Å²) in [6.45, 7) is 2.58. The summed E-state index contributed by atoms with van der Waals surface area (Å²) >= 11 is 0. The Morgan fingerprint density at radius 2 is 1.90 bits per heavy atom. The monoisotopic (exact) mass is 289 g/mol. The molecule has 1 aliphatic heterocycles. The molecule has 1 amide bonds. The van der Waals surface area contributed by atoms with Crippen LogP contribution < -0.4 is 0 Å². The van der Waals surface area contributed by atoms with Crippen LogP contribution in [0, 0.1) is 5.82 Å². The van der Waals surface area contributed by atoms with Gasteiger partial charge in [-0.3, -0.25) is 9.59 Å². The molecule has 1 saturated heterocycles. The summed E-state index contributed by atoms with van der Waals surface area (Å²) in [4.78, 5) is 31.2. The molecular formula is C15H16FN3O2. The van der Waals surface area contributed by atoms with Gasteiger partial charge >= 0.3 is 0 Å². The second-order valence-electron chi connectivity index (χ2n) is 5.32. The number of likely N-dealkylation sites (N-methyl/N-ethyl adjacent to an activating group) is 1. The number of nitrogens with one attached hydrogen (secondary N) is 1. The normalized spacial score (nSPS) is 16.4. The molecule has 0 atom stereocenters. The molecule has 6 heteroatoms. The van der Waals surface area contributed by atoms with Crippen molar-refractivity contribution in [3.63, 3.8) is 0 Å². The van der Waals surface area contributed by atoms with Crippen LogP contribution in [0.3, 0.4) is 0 Å². The first-order valence-corrected chi connectivity index (χ1v) is 6.85. The Morgan fingerprint density at radius 3 is 2.62 bits per heavy atom. The number of hydrogen-bond acceptors (Lipinski definition) is 3. The maximum atomic E-state index is 13.3. The highest BCUT2D eigenvalue weighted by Gasteiger charge is 2.27. The van der Waals surface area contributed by atoms with Crippen LogP contribution in [0.5, 0.6) is 0 Å². The molecule has 0 spiro atoms. The van der Waals surface area contributed by atoms with E-state index in [0.29, 0.717) is 24.0 Å². The van der Waals surface area contributed by atoms with Crippen LogP contribution in [-0.4, -0.2) is 59.7 Å². The Kier molecular flexibility index (Phi) is 3.47. The van der Waals surface area contributed by atoms with Gasteiger partial charge in [0.1, 0.15) is 5.82 Å². The molecule has 1 aliphatic rings. The van der Waals surface area contributed by atoms with Crippen molar-refractivity contribution in [2.24, 2.45) is 0 Å². The van der Waals surface area contributed by atoms with E-state index in [1.807, 2.05) is 7.05 Å². The highest BCUT2D eigenvalue weighted by Crippen LogP contribution is 2.20. The minimum Gasteiger partial charge on any atom is -0.360 e. The number of amides is 1. The third kappa shape index (κ3) is 2.54. The van der Waals surface area contributed by atoms with Gasteiger partial charge in [-0.2, -0.15) is 0 Å². The number of carbonyl (C=O) groups is 2. The summed E-state index contributed by atoms with van der Waals surface area (Å²) in [6, 6.07) is 4.15. The van der Waals surface area contributed by atoms with Gasteiger partial charge in [-0.05, 0) is 25.2 Å². The first-order valence-electron chi connectivity index (χ1n) is 6.85. The Balaban J connectivity index is 1.86. The van der Waals surface area contributed by atoms with Gasteiger partial charge in [0.05, 0.1) is 5.56 Å². The van der Waals surface area contributed by atoms with Crippen molar-refractivity contribution >= 4 is 22.6 Å². The second-order valence-corrected chi connectivity index (χ2v) is 5.32. The SMILES string of the molecule is CN1CCN(C(=O)C(=O)c2c[nH]c3ccc(F)cc23)CC1. The number of benzene rings is 1. The van der Waals surface area contributed by atoms with Crippen LogP contribution in [0.4, 0.5) is 4.39 Å². The predicted molar refractivity (Wildman–Crippen MR) is 76.7 cm³/mol. The second kappa shape index (κ2) is 5.29. The average molecular weight is 289 g/mol. The summed E-state index contributed by atoms with van der Waals surface area (Å²) < 4.78 is 13.3. The number of aromatic nitrogens is 1. The lowest BCUT2D eigenvalue weighted by Crippen LogP contribution is -2.49. The first kappa shape index (κ1) is 13.8. The van der Waals surface area contributed by atoms with Gasteiger partial charge in [0, 0.05) is 43.3 Å². The summed E-state index contributed by atoms with van der Waals surface area (Å²) in [7, 11) is 1.98. The largest absolute Gasteiger partial charge is 0.360 e. The van der Waals surface area contributed by atoms with Gasteiger partial charge in [-0.15, -0.1) is 0 Å². The minimum atomic E-state index is -0.587. The van der Waals surface area contributed by atoms with E-state index in [1.165, 1.54) is 18.3 Å². The lowest BCUT2D eigenvalue weighted by molar-refractivity contribution is -0.127. The van der Waals surface area contributed by atoms with Crippen LogP contribution in [-0.2, 0) is 4.79 Å². The molecule has 2 heterocycles. The Morgan fingerprint density at radius 1 is 1.19 bits per heavy atom. The number of carbonyl (C=O) groups excluding carboxylic acids is 2. The van der Waals surface area contributed by atoms with Gasteiger partial charge in [0.25, 0.3) is 11.7 Å². The first-order chi connectivity index (χ1) is 10.1. The number of nitrogens with zero attached hydrogens (tertiary/aromatic N) is 2. The van der Waals surface area contributed by atoms with E-state index in [-0.39, 0.29) is 5.56 Å². The smallest absolute Gasteiger partial charge is 0.295 e. The summed E-state index contributed by atoms with van der Waals surface area (Å²) in [5, 5.41) is 0.447. The number of piperazine rings is 1. The number of hydrogen-bond donors (Lipinski definition) is 1. The third-order valence-corrected chi connectivity index (χ3v) is 3.87. The molecule has 3 rings (SSSR count). The molecule has 0 aliphatic carbocycles. The van der Waals surface area contributed by atoms with E-state index < -0.39 is 17.5 Å². The third-order valence-electron chi connectivity index (χ3n) is 3.87. The summed E-state index contributed by atoms with van der Waals surface area (Å²) in [5.74, 6) is -1.53. The van der Waals surface area contributed by atoms with Gasteiger partial charge in [-0.25, -0.2) is 4.39 Å². The number of H-pyrrole nitrogens is 1. The Hall–Kier alpha value is -2.21. The predicted octanol–water partition coefficient (Wildman–Crippen LogP) is 1.26. The zero-order valence-corrected chi connectivity index (χ0v) is 11.7. The number of ketones is 1. The van der Waals surface area contributed by atoms with Crippen LogP contribution >= 0.6 is 0 Å². The van der Waals surface area contributed by atoms with Crippen LogP contribution in [0.15, 0.2) is 24.4 Å². The molecule has 2 aromatic rings. The molecule has 1 N–H and O–H groups in total. The summed E-state index contributed by atoms with van der Waals surface area (Å²) in [5.41, 5.74) is 0.874. The average Bonchev–Trinajstić information content (AvgIpc) is 2.89. The van der Waals surface area contributed by atoms with Gasteiger partial charge in [-0.1, -0.05) is 0 Å². The molecule has 110 valence electrons. The lowest BCUT2D eigenvalue weighted by Gasteiger charge is -2.31. The Bertz CT molecular complexity index is 702. The standard InChI is InChI=1S/C15H16FN3O2/c1-18-4-6-19(7-5-18)15(21)14(20)12-9-17-13-3-2-10(16)8-11(12)13/h2-3,8-9,17H,4-7H2,1H3. The highest BCUT2D eigenvalue weighted by molar-refractivity contribution is 6.44. The molecule has 1 aromatic heterocycles. The van der Waals surface area contributed by atoms with Crippen molar-refractivity contribution in [1.82, 2.24) is 14.8 Å². The fourth-order valence-corrected chi connectivity index (χ4v) is 2.55.